The second-order valence-electron chi connectivity index (χ2n) is 4.02. The Morgan fingerprint density at radius 2 is 2.31 bits per heavy atom. The Balaban J connectivity index is 1.82. The van der Waals surface area contributed by atoms with E-state index in [2.05, 4.69) is 39.9 Å². The van der Waals surface area contributed by atoms with Gasteiger partial charge in [-0.25, -0.2) is 4.98 Å². The van der Waals surface area contributed by atoms with Gasteiger partial charge in [0.2, 0.25) is 0 Å². The summed E-state index contributed by atoms with van der Waals surface area (Å²) in [6.45, 7) is 2.10. The Bertz CT molecular complexity index is 460. The highest BCUT2D eigenvalue weighted by Gasteiger charge is 2.15. The Hall–Kier alpha value is -1.81. The second-order valence-corrected chi connectivity index (χ2v) is 4.02. The van der Waals surface area contributed by atoms with Crippen LogP contribution in [0.3, 0.4) is 0 Å². The van der Waals surface area contributed by atoms with E-state index < -0.39 is 0 Å². The van der Waals surface area contributed by atoms with Gasteiger partial charge in [-0.1, -0.05) is 6.07 Å². The quantitative estimate of drug-likeness (QED) is 0.808. The summed E-state index contributed by atoms with van der Waals surface area (Å²) in [7, 11) is 0. The van der Waals surface area contributed by atoms with Crippen LogP contribution in [-0.4, -0.2) is 28.7 Å². The average molecular weight is 214 g/mol. The molecule has 1 aliphatic rings. The maximum atomic E-state index is 4.05. The van der Waals surface area contributed by atoms with Crippen LogP contribution in [0, 0.1) is 0 Å². The van der Waals surface area contributed by atoms with Gasteiger partial charge in [0.25, 0.3) is 0 Å². The number of imidazole rings is 1. The maximum Gasteiger partial charge on any atom is 0.0991 e. The first-order chi connectivity index (χ1) is 7.92. The normalized spacial score (nSPS) is 15.8. The fourth-order valence-electron chi connectivity index (χ4n) is 1.79. The van der Waals surface area contributed by atoms with Gasteiger partial charge in [0.05, 0.1) is 12.4 Å². The molecular formula is C12H14N4. The lowest BCUT2D eigenvalue weighted by Gasteiger charge is -2.29. The number of aromatic nitrogens is 2. The minimum absolute atomic E-state index is 0.568. The van der Waals surface area contributed by atoms with Crippen molar-refractivity contribution in [3.05, 3.63) is 43.0 Å². The highest BCUT2D eigenvalue weighted by Crippen LogP contribution is 2.15. The monoisotopic (exact) mass is 214 g/mol. The van der Waals surface area contributed by atoms with Crippen molar-refractivity contribution < 1.29 is 0 Å². The minimum Gasteiger partial charge on any atom is -0.380 e. The lowest BCUT2D eigenvalue weighted by atomic mass is 10.1. The van der Waals surface area contributed by atoms with Crippen molar-refractivity contribution in [2.24, 2.45) is 0 Å². The molecule has 0 atom stereocenters. The first-order valence-corrected chi connectivity index (χ1v) is 5.47. The predicted molar refractivity (Wildman–Crippen MR) is 63.8 cm³/mol. The van der Waals surface area contributed by atoms with Crippen LogP contribution in [0.5, 0.6) is 0 Å². The van der Waals surface area contributed by atoms with Crippen LogP contribution in [0.2, 0.25) is 0 Å². The third kappa shape index (κ3) is 1.79. The zero-order valence-electron chi connectivity index (χ0n) is 8.93. The van der Waals surface area contributed by atoms with Crippen molar-refractivity contribution in [3.63, 3.8) is 0 Å². The summed E-state index contributed by atoms with van der Waals surface area (Å²) < 4.78 is 2.00. The molecule has 2 heterocycles. The zero-order valence-corrected chi connectivity index (χ0v) is 8.93. The molecule has 4 heteroatoms. The van der Waals surface area contributed by atoms with Crippen LogP contribution in [0.4, 0.5) is 5.69 Å². The molecule has 4 nitrogen and oxygen atoms in total. The molecule has 3 rings (SSSR count). The molecule has 82 valence electrons. The van der Waals surface area contributed by atoms with Gasteiger partial charge in [-0.2, -0.15) is 0 Å². The van der Waals surface area contributed by atoms with E-state index in [9.17, 15) is 0 Å². The van der Waals surface area contributed by atoms with Crippen molar-refractivity contribution in [1.29, 1.82) is 0 Å². The summed E-state index contributed by atoms with van der Waals surface area (Å²) >= 11 is 0. The van der Waals surface area contributed by atoms with E-state index in [4.69, 9.17) is 0 Å². The van der Waals surface area contributed by atoms with Crippen LogP contribution in [0.1, 0.15) is 0 Å². The summed E-state index contributed by atoms with van der Waals surface area (Å²) in [6.07, 6.45) is 5.55. The highest BCUT2D eigenvalue weighted by atomic mass is 15.1. The molecule has 1 aliphatic heterocycles. The average Bonchev–Trinajstić information content (AvgIpc) is 2.77. The minimum atomic E-state index is 0.568. The first-order valence-electron chi connectivity index (χ1n) is 5.47. The number of nitrogens with one attached hydrogen (secondary N) is 2. The first kappa shape index (κ1) is 9.42. The van der Waals surface area contributed by atoms with Gasteiger partial charge < -0.3 is 15.2 Å². The number of benzene rings is 1. The fourth-order valence-corrected chi connectivity index (χ4v) is 1.79. The van der Waals surface area contributed by atoms with Gasteiger partial charge >= 0.3 is 0 Å². The summed E-state index contributed by atoms with van der Waals surface area (Å²) in [5.74, 6) is 0. The molecule has 0 aliphatic carbocycles. The molecule has 16 heavy (non-hydrogen) atoms. The Morgan fingerprint density at radius 3 is 3.00 bits per heavy atom. The van der Waals surface area contributed by atoms with Crippen LogP contribution in [0.25, 0.3) is 5.69 Å². The van der Waals surface area contributed by atoms with E-state index in [1.165, 1.54) is 0 Å². The summed E-state index contributed by atoms with van der Waals surface area (Å²) in [5.41, 5.74) is 2.30. The molecule has 0 spiro atoms. The topological polar surface area (TPSA) is 41.9 Å². The molecule has 0 unspecified atom stereocenters. The zero-order chi connectivity index (χ0) is 10.8. The molecule has 2 aromatic rings. The largest absolute Gasteiger partial charge is 0.380 e. The standard InChI is InChI=1S/C12H14N4/c1-2-10(15-11-7-14-8-11)6-12(3-1)16-5-4-13-9-16/h1-6,9,11,14-15H,7-8H2. The molecule has 1 saturated heterocycles. The van der Waals surface area contributed by atoms with E-state index in [0.717, 1.165) is 24.5 Å². The second kappa shape index (κ2) is 3.98. The molecule has 1 aromatic carbocycles. The molecule has 0 bridgehead atoms. The third-order valence-corrected chi connectivity index (χ3v) is 2.80. The van der Waals surface area contributed by atoms with Crippen molar-refractivity contribution in [2.75, 3.05) is 18.4 Å². The molecule has 0 saturated carbocycles. The van der Waals surface area contributed by atoms with Crippen LogP contribution < -0.4 is 10.6 Å². The highest BCUT2D eigenvalue weighted by molar-refractivity contribution is 5.52. The van der Waals surface area contributed by atoms with Crippen LogP contribution in [-0.2, 0) is 0 Å². The molecule has 1 aromatic heterocycles. The molecule has 2 N–H and O–H groups in total. The molecular weight excluding hydrogens is 200 g/mol. The van der Waals surface area contributed by atoms with Crippen molar-refractivity contribution in [1.82, 2.24) is 14.9 Å². The summed E-state index contributed by atoms with van der Waals surface area (Å²) in [6, 6.07) is 8.94. The number of nitrogens with zero attached hydrogens (tertiary/aromatic N) is 2. The van der Waals surface area contributed by atoms with Crippen molar-refractivity contribution in [3.8, 4) is 5.69 Å². The van der Waals surface area contributed by atoms with Gasteiger partial charge in [0, 0.05) is 36.9 Å². The fraction of sp³-hybridized carbons (Fsp3) is 0.250. The summed E-state index contributed by atoms with van der Waals surface area (Å²) in [4.78, 5) is 4.05. The van der Waals surface area contributed by atoms with Gasteiger partial charge in [0.15, 0.2) is 0 Å². The Labute approximate surface area is 94.3 Å². The number of hydrogen-bond acceptors (Lipinski definition) is 3. The molecule has 0 amide bonds. The van der Waals surface area contributed by atoms with Crippen LogP contribution >= 0.6 is 0 Å². The molecule has 1 fully saturated rings. The summed E-state index contributed by atoms with van der Waals surface area (Å²) in [5, 5.41) is 6.73. The van der Waals surface area contributed by atoms with Crippen molar-refractivity contribution in [2.45, 2.75) is 6.04 Å². The lowest BCUT2D eigenvalue weighted by Crippen LogP contribution is -2.51. The van der Waals surface area contributed by atoms with Gasteiger partial charge in [-0.05, 0) is 18.2 Å². The van der Waals surface area contributed by atoms with E-state index in [-0.39, 0.29) is 0 Å². The Morgan fingerprint density at radius 1 is 1.38 bits per heavy atom. The van der Waals surface area contributed by atoms with Crippen molar-refractivity contribution >= 4 is 5.69 Å². The third-order valence-electron chi connectivity index (χ3n) is 2.80. The number of hydrogen-bond donors (Lipinski definition) is 2. The van der Waals surface area contributed by atoms with E-state index in [1.54, 1.807) is 6.20 Å². The van der Waals surface area contributed by atoms with Gasteiger partial charge in [-0.3, -0.25) is 0 Å². The maximum absolute atomic E-state index is 4.05. The van der Waals surface area contributed by atoms with Gasteiger partial charge in [0.1, 0.15) is 0 Å². The van der Waals surface area contributed by atoms with E-state index in [0.29, 0.717) is 6.04 Å². The molecule has 0 radical (unpaired) electrons. The number of anilines is 1. The SMILES string of the molecule is c1cc(NC2CNC2)cc(-n2ccnc2)c1. The smallest absolute Gasteiger partial charge is 0.0991 e. The van der Waals surface area contributed by atoms with E-state index in [1.807, 2.05) is 17.1 Å². The van der Waals surface area contributed by atoms with Crippen LogP contribution in [0.15, 0.2) is 43.0 Å². The van der Waals surface area contributed by atoms with E-state index >= 15 is 0 Å². The van der Waals surface area contributed by atoms with Gasteiger partial charge in [-0.15, -0.1) is 0 Å². The number of rotatable bonds is 3. The Kier molecular flexibility index (Phi) is 2.34. The predicted octanol–water partition coefficient (Wildman–Crippen LogP) is 1.26. The lowest BCUT2D eigenvalue weighted by molar-refractivity contribution is 0.472.